The van der Waals surface area contributed by atoms with Gasteiger partial charge in [0.1, 0.15) is 17.6 Å². The van der Waals surface area contributed by atoms with E-state index in [0.29, 0.717) is 56.1 Å². The third-order valence-corrected chi connectivity index (χ3v) is 6.49. The molecule has 3 N–H and O–H groups in total. The van der Waals surface area contributed by atoms with Crippen LogP contribution in [0.1, 0.15) is 66.4 Å². The fraction of sp³-hybridized carbons (Fsp3) is 0.500. The smallest absolute Gasteiger partial charge is 0.410 e. The van der Waals surface area contributed by atoms with Gasteiger partial charge in [-0.2, -0.15) is 0 Å². The van der Waals surface area contributed by atoms with Gasteiger partial charge >= 0.3 is 6.09 Å². The Bertz CT molecular complexity index is 1100. The van der Waals surface area contributed by atoms with Gasteiger partial charge in [-0.25, -0.2) is 4.79 Å². The highest BCUT2D eigenvalue weighted by Crippen LogP contribution is 2.42. The van der Waals surface area contributed by atoms with Crippen LogP contribution >= 0.6 is 0 Å². The van der Waals surface area contributed by atoms with Gasteiger partial charge in [-0.3, -0.25) is 10.1 Å². The summed E-state index contributed by atoms with van der Waals surface area (Å²) < 4.78 is 17.3. The number of carbonyl (C=O) groups is 2. The summed E-state index contributed by atoms with van der Waals surface area (Å²) in [6, 6.07) is 13.5. The summed E-state index contributed by atoms with van der Waals surface area (Å²) >= 11 is 0. The van der Waals surface area contributed by atoms with Crippen molar-refractivity contribution >= 4 is 12.0 Å². The summed E-state index contributed by atoms with van der Waals surface area (Å²) in [5.41, 5.74) is 2.40. The fourth-order valence-electron chi connectivity index (χ4n) is 4.64. The molecular formula is C28H37N3O6. The van der Waals surface area contributed by atoms with Crippen LogP contribution in [0.2, 0.25) is 0 Å². The molecule has 2 amide bonds. The van der Waals surface area contributed by atoms with Crippen molar-refractivity contribution in [1.29, 1.82) is 0 Å². The lowest BCUT2D eigenvalue weighted by Crippen LogP contribution is -2.48. The van der Waals surface area contributed by atoms with E-state index in [9.17, 15) is 14.7 Å². The Kier molecular flexibility index (Phi) is 8.36. The van der Waals surface area contributed by atoms with Crippen molar-refractivity contribution in [3.05, 3.63) is 64.7 Å². The number of benzene rings is 2. The maximum absolute atomic E-state index is 13.1. The molecule has 9 heteroatoms. The molecule has 1 fully saturated rings. The summed E-state index contributed by atoms with van der Waals surface area (Å²) in [7, 11) is 1.65. The summed E-state index contributed by atoms with van der Waals surface area (Å²) in [4.78, 5) is 27.2. The van der Waals surface area contributed by atoms with E-state index in [1.165, 1.54) is 0 Å². The number of aliphatic hydroxyl groups excluding tert-OH is 1. The summed E-state index contributed by atoms with van der Waals surface area (Å²) in [5.74, 6) is 0.345. The average Bonchev–Trinajstić information content (AvgIpc) is 3.31. The Hall–Kier alpha value is -3.14. The van der Waals surface area contributed by atoms with Crippen molar-refractivity contribution in [2.45, 2.75) is 51.0 Å². The van der Waals surface area contributed by atoms with Gasteiger partial charge in [0.2, 0.25) is 0 Å². The molecule has 200 valence electrons. The van der Waals surface area contributed by atoms with E-state index in [1.807, 2.05) is 57.2 Å². The van der Waals surface area contributed by atoms with Gasteiger partial charge in [0.25, 0.3) is 5.91 Å². The van der Waals surface area contributed by atoms with Crippen LogP contribution in [0.5, 0.6) is 5.75 Å². The second-order valence-electron chi connectivity index (χ2n) is 10.4. The molecule has 1 saturated heterocycles. The zero-order valence-electron chi connectivity index (χ0n) is 22.0. The lowest BCUT2D eigenvalue weighted by Gasteiger charge is -2.34. The van der Waals surface area contributed by atoms with Crippen LogP contribution in [0.4, 0.5) is 4.79 Å². The molecule has 0 aliphatic carbocycles. The Morgan fingerprint density at radius 1 is 1.22 bits per heavy atom. The fourth-order valence-corrected chi connectivity index (χ4v) is 4.64. The average molecular weight is 512 g/mol. The standard InChI is InChI=1S/C28H37N3O6/c1-28(2,3)37-27(34)31-12-13-35-20(16-31)10-11-30-25(32)19-14-21-23(18-8-6-5-7-9-18)17-36-24(21)22(15-19)26(33)29-4/h5-9,14-15,20,23,26,29,33H,10-13,16-17H2,1-4H3,(H,30,32)/t20-,23?,26?/m1/s1. The van der Waals surface area contributed by atoms with E-state index in [-0.39, 0.29) is 24.0 Å². The highest BCUT2D eigenvalue weighted by Gasteiger charge is 2.32. The quantitative estimate of drug-likeness (QED) is 0.490. The van der Waals surface area contributed by atoms with Crippen LogP contribution in [0, 0.1) is 0 Å². The molecule has 0 radical (unpaired) electrons. The van der Waals surface area contributed by atoms with Gasteiger partial charge in [-0.1, -0.05) is 30.3 Å². The molecule has 2 aliphatic heterocycles. The second kappa shape index (κ2) is 11.5. The molecule has 0 aromatic heterocycles. The molecule has 4 rings (SSSR count). The van der Waals surface area contributed by atoms with E-state index in [0.717, 1.165) is 11.1 Å². The van der Waals surface area contributed by atoms with Crippen LogP contribution in [0.25, 0.3) is 0 Å². The van der Waals surface area contributed by atoms with E-state index in [1.54, 1.807) is 18.0 Å². The number of rotatable bonds is 7. The Labute approximate surface area is 218 Å². The Morgan fingerprint density at radius 3 is 2.68 bits per heavy atom. The van der Waals surface area contributed by atoms with Crippen molar-refractivity contribution in [2.24, 2.45) is 0 Å². The van der Waals surface area contributed by atoms with Crippen molar-refractivity contribution in [3.63, 3.8) is 0 Å². The number of ether oxygens (including phenoxy) is 3. The molecule has 2 aromatic carbocycles. The minimum atomic E-state index is -0.967. The number of aliphatic hydroxyl groups is 1. The SMILES string of the molecule is CNC(O)c1cc(C(=O)NCC[C@@H]2CN(C(=O)OC(C)(C)C)CCO2)cc2c1OCC2c1ccccc1. The predicted molar refractivity (Wildman–Crippen MR) is 139 cm³/mol. The van der Waals surface area contributed by atoms with Gasteiger partial charge in [0.15, 0.2) is 0 Å². The second-order valence-corrected chi connectivity index (χ2v) is 10.4. The van der Waals surface area contributed by atoms with E-state index >= 15 is 0 Å². The van der Waals surface area contributed by atoms with Gasteiger partial charge in [-0.15, -0.1) is 0 Å². The first kappa shape index (κ1) is 26.9. The van der Waals surface area contributed by atoms with Crippen molar-refractivity contribution < 1.29 is 28.9 Å². The summed E-state index contributed by atoms with van der Waals surface area (Å²) in [6.45, 7) is 7.67. The van der Waals surface area contributed by atoms with Crippen LogP contribution in [-0.4, -0.2) is 73.6 Å². The molecule has 0 bridgehead atoms. The number of hydrogen-bond acceptors (Lipinski definition) is 7. The molecule has 2 aliphatic rings. The van der Waals surface area contributed by atoms with Crippen molar-refractivity contribution in [2.75, 3.05) is 39.9 Å². The molecule has 2 heterocycles. The van der Waals surface area contributed by atoms with E-state index in [4.69, 9.17) is 14.2 Å². The summed E-state index contributed by atoms with van der Waals surface area (Å²) in [6.07, 6.45) is -0.962. The summed E-state index contributed by atoms with van der Waals surface area (Å²) in [5, 5.41) is 16.4. The molecule has 3 atom stereocenters. The third kappa shape index (κ3) is 6.60. The molecule has 37 heavy (non-hydrogen) atoms. The van der Waals surface area contributed by atoms with E-state index < -0.39 is 11.8 Å². The van der Waals surface area contributed by atoms with Gasteiger partial charge in [0.05, 0.1) is 25.9 Å². The first-order chi connectivity index (χ1) is 17.7. The van der Waals surface area contributed by atoms with Crippen LogP contribution in [0.3, 0.4) is 0 Å². The molecule has 0 spiro atoms. The molecular weight excluding hydrogens is 474 g/mol. The topological polar surface area (TPSA) is 109 Å². The van der Waals surface area contributed by atoms with Gasteiger partial charge in [-0.05, 0) is 51.9 Å². The van der Waals surface area contributed by atoms with Crippen LogP contribution in [0.15, 0.2) is 42.5 Å². The first-order valence-corrected chi connectivity index (χ1v) is 12.7. The number of nitrogens with zero attached hydrogens (tertiary/aromatic N) is 1. The molecule has 2 unspecified atom stereocenters. The number of hydrogen-bond donors (Lipinski definition) is 3. The normalized spacial score (nSPS) is 20.1. The Morgan fingerprint density at radius 2 is 1.97 bits per heavy atom. The number of fused-ring (bicyclic) bond motifs is 1. The number of nitrogens with one attached hydrogen (secondary N) is 2. The largest absolute Gasteiger partial charge is 0.492 e. The minimum Gasteiger partial charge on any atom is -0.492 e. The maximum atomic E-state index is 13.1. The zero-order valence-corrected chi connectivity index (χ0v) is 22.0. The van der Waals surface area contributed by atoms with Gasteiger partial charge < -0.3 is 29.5 Å². The lowest BCUT2D eigenvalue weighted by molar-refractivity contribution is -0.0440. The van der Waals surface area contributed by atoms with E-state index in [2.05, 4.69) is 10.6 Å². The minimum absolute atomic E-state index is 0.0266. The number of morpholine rings is 1. The predicted octanol–water partition coefficient (Wildman–Crippen LogP) is 3.18. The van der Waals surface area contributed by atoms with Crippen molar-refractivity contribution in [3.8, 4) is 5.75 Å². The highest BCUT2D eigenvalue weighted by molar-refractivity contribution is 5.95. The van der Waals surface area contributed by atoms with Crippen molar-refractivity contribution in [1.82, 2.24) is 15.5 Å². The maximum Gasteiger partial charge on any atom is 0.410 e. The van der Waals surface area contributed by atoms with Gasteiger partial charge in [0, 0.05) is 35.7 Å². The monoisotopic (exact) mass is 511 g/mol. The molecule has 2 aromatic rings. The highest BCUT2D eigenvalue weighted by atomic mass is 16.6. The number of amides is 2. The zero-order chi connectivity index (χ0) is 26.6. The third-order valence-electron chi connectivity index (χ3n) is 6.49. The Balaban J connectivity index is 1.42. The molecule has 9 nitrogen and oxygen atoms in total. The van der Waals surface area contributed by atoms with Crippen LogP contribution in [-0.2, 0) is 9.47 Å². The lowest BCUT2D eigenvalue weighted by atomic mass is 9.90. The number of carbonyl (C=O) groups excluding carboxylic acids is 2. The molecule has 0 saturated carbocycles. The first-order valence-electron chi connectivity index (χ1n) is 12.7. The van der Waals surface area contributed by atoms with Crippen LogP contribution < -0.4 is 15.4 Å².